The van der Waals surface area contributed by atoms with Crippen molar-refractivity contribution >= 4 is 17.5 Å². The van der Waals surface area contributed by atoms with E-state index in [2.05, 4.69) is 10.6 Å². The Labute approximate surface area is 152 Å². The molecule has 0 bridgehead atoms. The molecule has 0 saturated heterocycles. The van der Waals surface area contributed by atoms with Gasteiger partial charge in [0, 0.05) is 6.20 Å². The minimum Gasteiger partial charge on any atom is -0.346 e. The first kappa shape index (κ1) is 19.4. The number of rotatable bonds is 7. The van der Waals surface area contributed by atoms with Crippen LogP contribution in [0.2, 0.25) is 0 Å². The molecule has 1 heterocycles. The summed E-state index contributed by atoms with van der Waals surface area (Å²) >= 11 is 0. The lowest BCUT2D eigenvalue weighted by atomic mass is 10.1. The van der Waals surface area contributed by atoms with Crippen LogP contribution in [0, 0.1) is 5.92 Å². The lowest BCUT2D eigenvalue weighted by molar-refractivity contribution is -0.125. The Morgan fingerprint density at radius 3 is 2.46 bits per heavy atom. The van der Waals surface area contributed by atoms with Gasteiger partial charge < -0.3 is 20.9 Å². The second-order valence-corrected chi connectivity index (χ2v) is 6.38. The van der Waals surface area contributed by atoms with Gasteiger partial charge in [-0.1, -0.05) is 44.2 Å². The van der Waals surface area contributed by atoms with Crippen molar-refractivity contribution in [1.82, 2.24) is 9.88 Å². The molecular weight excluding hydrogens is 332 g/mol. The second kappa shape index (κ2) is 8.96. The number of nitrogens with one attached hydrogen (secondary N) is 2. The van der Waals surface area contributed by atoms with Crippen LogP contribution >= 0.6 is 0 Å². The summed E-state index contributed by atoms with van der Waals surface area (Å²) in [6.07, 6.45) is 1.66. The molecule has 138 valence electrons. The van der Waals surface area contributed by atoms with E-state index in [4.69, 9.17) is 5.73 Å². The molecule has 0 fully saturated rings. The van der Waals surface area contributed by atoms with Gasteiger partial charge in [-0.05, 0) is 23.6 Å². The number of benzene rings is 1. The summed E-state index contributed by atoms with van der Waals surface area (Å²) < 4.78 is 1.51. The molecule has 1 aromatic carbocycles. The van der Waals surface area contributed by atoms with Gasteiger partial charge in [0.05, 0.1) is 19.1 Å². The smallest absolute Gasteiger partial charge is 0.274 e. The van der Waals surface area contributed by atoms with Crippen LogP contribution in [-0.4, -0.2) is 29.0 Å². The molecule has 7 nitrogen and oxygen atoms in total. The predicted molar refractivity (Wildman–Crippen MR) is 101 cm³/mol. The van der Waals surface area contributed by atoms with E-state index in [0.717, 1.165) is 5.56 Å². The van der Waals surface area contributed by atoms with Crippen LogP contribution in [0.25, 0.3) is 0 Å². The Morgan fingerprint density at radius 1 is 1.12 bits per heavy atom. The molecule has 0 spiro atoms. The Kier molecular flexibility index (Phi) is 6.68. The Hall–Kier alpha value is -2.93. The molecule has 1 aromatic heterocycles. The van der Waals surface area contributed by atoms with Gasteiger partial charge in [-0.15, -0.1) is 0 Å². The van der Waals surface area contributed by atoms with E-state index in [1.54, 1.807) is 12.3 Å². The molecule has 0 aliphatic carbocycles. The fourth-order valence-electron chi connectivity index (χ4n) is 2.32. The van der Waals surface area contributed by atoms with E-state index < -0.39 is 17.9 Å². The zero-order valence-corrected chi connectivity index (χ0v) is 14.9. The monoisotopic (exact) mass is 356 g/mol. The molecule has 2 aromatic rings. The van der Waals surface area contributed by atoms with Gasteiger partial charge in [0.25, 0.3) is 5.56 Å². The van der Waals surface area contributed by atoms with Crippen LogP contribution < -0.4 is 21.9 Å². The minimum atomic E-state index is -0.678. The van der Waals surface area contributed by atoms with Crippen LogP contribution in [0.3, 0.4) is 0 Å². The summed E-state index contributed by atoms with van der Waals surface area (Å²) in [5, 5.41) is 5.00. The first-order chi connectivity index (χ1) is 12.4. The number of aromatic nitrogens is 1. The van der Waals surface area contributed by atoms with Gasteiger partial charge in [-0.3, -0.25) is 14.4 Å². The number of amides is 2. The third-order valence-electron chi connectivity index (χ3n) is 3.93. The zero-order chi connectivity index (χ0) is 19.1. The number of hydrogen-bond acceptors (Lipinski definition) is 4. The van der Waals surface area contributed by atoms with Gasteiger partial charge in [0.1, 0.15) is 5.69 Å². The lowest BCUT2D eigenvalue weighted by Crippen LogP contribution is -2.46. The number of carbonyl (C=O) groups is 2. The largest absolute Gasteiger partial charge is 0.346 e. The Morgan fingerprint density at radius 2 is 1.81 bits per heavy atom. The molecule has 0 saturated carbocycles. The van der Waals surface area contributed by atoms with Gasteiger partial charge >= 0.3 is 0 Å². The van der Waals surface area contributed by atoms with E-state index in [1.807, 2.05) is 44.2 Å². The van der Waals surface area contributed by atoms with Crippen LogP contribution in [0.1, 0.15) is 19.4 Å². The average Bonchev–Trinajstić information content (AvgIpc) is 2.63. The molecule has 0 aliphatic heterocycles. The molecule has 4 N–H and O–H groups in total. The number of carbonyl (C=O) groups excluding carboxylic acids is 2. The van der Waals surface area contributed by atoms with E-state index in [-0.39, 0.29) is 23.7 Å². The minimum absolute atomic E-state index is 0.0302. The van der Waals surface area contributed by atoms with Crippen molar-refractivity contribution in [3.05, 3.63) is 64.6 Å². The topological polar surface area (TPSA) is 106 Å². The first-order valence-corrected chi connectivity index (χ1v) is 8.45. The van der Waals surface area contributed by atoms with Crippen molar-refractivity contribution in [3.8, 4) is 0 Å². The highest BCUT2D eigenvalue weighted by molar-refractivity contribution is 5.95. The molecular formula is C19H24N4O3. The fourth-order valence-corrected chi connectivity index (χ4v) is 2.32. The van der Waals surface area contributed by atoms with Crippen LogP contribution in [0.4, 0.5) is 5.69 Å². The maximum Gasteiger partial charge on any atom is 0.274 e. The molecule has 7 heteroatoms. The molecule has 0 aliphatic rings. The summed E-state index contributed by atoms with van der Waals surface area (Å²) in [6, 6.07) is 12.1. The quantitative estimate of drug-likeness (QED) is 0.686. The van der Waals surface area contributed by atoms with Gasteiger partial charge in [0.15, 0.2) is 0 Å². The van der Waals surface area contributed by atoms with Crippen molar-refractivity contribution in [2.75, 3.05) is 11.9 Å². The number of anilines is 1. The summed E-state index contributed by atoms with van der Waals surface area (Å²) in [5.74, 6) is -0.911. The third kappa shape index (κ3) is 5.29. The van der Waals surface area contributed by atoms with Crippen LogP contribution in [0.5, 0.6) is 0 Å². The molecule has 1 atom stereocenters. The second-order valence-electron chi connectivity index (χ2n) is 6.38. The Balaban J connectivity index is 1.99. The summed E-state index contributed by atoms with van der Waals surface area (Å²) in [6.45, 7) is 3.81. The Bertz CT molecular complexity index is 815. The maximum absolute atomic E-state index is 12.5. The van der Waals surface area contributed by atoms with E-state index >= 15 is 0 Å². The summed E-state index contributed by atoms with van der Waals surface area (Å²) in [5.41, 5.74) is 6.55. The predicted octanol–water partition coefficient (Wildman–Crippen LogP) is 0.935. The highest BCUT2D eigenvalue weighted by atomic mass is 16.2. The maximum atomic E-state index is 12.5. The summed E-state index contributed by atoms with van der Waals surface area (Å²) in [7, 11) is 0. The number of hydrogen-bond donors (Lipinski definition) is 3. The van der Waals surface area contributed by atoms with Crippen molar-refractivity contribution in [2.45, 2.75) is 26.4 Å². The number of pyridine rings is 1. The van der Waals surface area contributed by atoms with Crippen LogP contribution in [0.15, 0.2) is 53.5 Å². The molecule has 0 unspecified atom stereocenters. The number of nitrogens with zero attached hydrogens (tertiary/aromatic N) is 1. The van der Waals surface area contributed by atoms with Gasteiger partial charge in [0.2, 0.25) is 11.8 Å². The van der Waals surface area contributed by atoms with E-state index in [9.17, 15) is 14.4 Å². The van der Waals surface area contributed by atoms with Crippen LogP contribution in [-0.2, 0) is 16.1 Å². The van der Waals surface area contributed by atoms with Crippen molar-refractivity contribution < 1.29 is 9.59 Å². The standard InChI is InChI=1S/C19H24N4O3/c1-13(2)17(20)18(25)21-11-16(24)22-15-9-6-10-23(19(15)26)12-14-7-4-3-5-8-14/h3-10,13,17H,11-12,20H2,1-2H3,(H,21,25)(H,22,24)/t17-/m0/s1. The molecule has 2 amide bonds. The van der Waals surface area contributed by atoms with E-state index in [0.29, 0.717) is 6.54 Å². The van der Waals surface area contributed by atoms with Gasteiger partial charge in [-0.2, -0.15) is 0 Å². The SMILES string of the molecule is CC(C)[C@H](N)C(=O)NCC(=O)Nc1cccn(Cc2ccccc2)c1=O. The van der Waals surface area contributed by atoms with Crippen molar-refractivity contribution in [1.29, 1.82) is 0 Å². The third-order valence-corrected chi connectivity index (χ3v) is 3.93. The normalized spacial score (nSPS) is 11.8. The highest BCUT2D eigenvalue weighted by Gasteiger charge is 2.18. The first-order valence-electron chi connectivity index (χ1n) is 8.45. The zero-order valence-electron chi connectivity index (χ0n) is 14.9. The lowest BCUT2D eigenvalue weighted by Gasteiger charge is -2.15. The molecule has 26 heavy (non-hydrogen) atoms. The summed E-state index contributed by atoms with van der Waals surface area (Å²) in [4.78, 5) is 36.3. The highest BCUT2D eigenvalue weighted by Crippen LogP contribution is 2.04. The van der Waals surface area contributed by atoms with Crippen molar-refractivity contribution in [2.24, 2.45) is 11.7 Å². The molecule has 0 radical (unpaired) electrons. The number of nitrogens with two attached hydrogens (primary N) is 1. The fraction of sp³-hybridized carbons (Fsp3) is 0.316. The van der Waals surface area contributed by atoms with Gasteiger partial charge in [-0.25, -0.2) is 0 Å². The average molecular weight is 356 g/mol. The van der Waals surface area contributed by atoms with Crippen molar-refractivity contribution in [3.63, 3.8) is 0 Å². The molecule has 2 rings (SSSR count). The van der Waals surface area contributed by atoms with E-state index in [1.165, 1.54) is 10.6 Å².